The van der Waals surface area contributed by atoms with E-state index in [0.717, 1.165) is 32.4 Å². The molecule has 2 aromatic heterocycles. The number of phenols is 1. The molecule has 0 spiro atoms. The highest BCUT2D eigenvalue weighted by Gasteiger charge is 2.17. The molecule has 2 N–H and O–H groups in total. The van der Waals surface area contributed by atoms with Gasteiger partial charge in [0, 0.05) is 10.9 Å². The molecule has 152 valence electrons. The maximum atomic E-state index is 12.7. The zero-order chi connectivity index (χ0) is 21.4. The highest BCUT2D eigenvalue weighted by Crippen LogP contribution is 2.30. The van der Waals surface area contributed by atoms with Crippen molar-refractivity contribution in [2.45, 2.75) is 6.92 Å². The molecule has 31 heavy (non-hydrogen) atoms. The molecule has 0 radical (unpaired) electrons. The van der Waals surface area contributed by atoms with E-state index in [0.29, 0.717) is 10.4 Å². The van der Waals surface area contributed by atoms with Gasteiger partial charge in [0.15, 0.2) is 0 Å². The van der Waals surface area contributed by atoms with Crippen LogP contribution in [0.5, 0.6) is 5.75 Å². The largest absolute Gasteiger partial charge is 0.507 e. The highest BCUT2D eigenvalue weighted by atomic mass is 32.1. The number of hydrogen-bond donors (Lipinski definition) is 2. The van der Waals surface area contributed by atoms with Crippen LogP contribution in [0.4, 0.5) is 0 Å². The van der Waals surface area contributed by atoms with Crippen molar-refractivity contribution in [3.05, 3.63) is 88.9 Å². The van der Waals surface area contributed by atoms with Gasteiger partial charge in [0.05, 0.1) is 22.5 Å². The topological polar surface area (TPSA) is 79.5 Å². The summed E-state index contributed by atoms with van der Waals surface area (Å²) in [6.07, 6.45) is 1.47. The quantitative estimate of drug-likeness (QED) is 0.313. The molecule has 0 unspecified atom stereocenters. The fraction of sp³-hybridized carbons (Fsp3) is 0.0417. The summed E-state index contributed by atoms with van der Waals surface area (Å²) in [6, 6.07) is 22.8. The van der Waals surface area contributed by atoms with Crippen molar-refractivity contribution in [3.63, 3.8) is 0 Å². The molecule has 2 heterocycles. The van der Waals surface area contributed by atoms with Gasteiger partial charge in [-0.05, 0) is 42.0 Å². The number of aromatic hydroxyl groups is 1. The lowest BCUT2D eigenvalue weighted by molar-refractivity contribution is 0.0959. The summed E-state index contributed by atoms with van der Waals surface area (Å²) in [5.74, 6) is -0.201. The molecule has 5 aromatic rings. The number of nitrogens with zero attached hydrogens (tertiary/aromatic N) is 3. The molecule has 0 atom stereocenters. The van der Waals surface area contributed by atoms with Gasteiger partial charge in [-0.15, -0.1) is 11.3 Å². The Balaban J connectivity index is 1.42. The summed E-state index contributed by atoms with van der Waals surface area (Å²) in [4.78, 5) is 14.2. The standard InChI is InChI=1S/C24H18N4O2S/c1-15-19-13-22(31-24(19)28(27-15)17-8-3-2-4-9-17)23(30)26-25-14-20-18-10-6-5-7-16(18)11-12-21(20)29/h2-14,29H,1H3,(H,26,30)/b25-14+. The number of hydrazone groups is 1. The molecule has 0 fully saturated rings. The predicted molar refractivity (Wildman–Crippen MR) is 124 cm³/mol. The lowest BCUT2D eigenvalue weighted by atomic mass is 10.0. The second-order valence-corrected chi connectivity index (χ2v) is 8.11. The average Bonchev–Trinajstić information content (AvgIpc) is 3.36. The maximum Gasteiger partial charge on any atom is 0.281 e. The van der Waals surface area contributed by atoms with Crippen molar-refractivity contribution in [1.82, 2.24) is 15.2 Å². The first-order valence-corrected chi connectivity index (χ1v) is 10.5. The number of para-hydroxylation sites is 1. The first kappa shape index (κ1) is 19.0. The molecule has 0 aliphatic carbocycles. The summed E-state index contributed by atoms with van der Waals surface area (Å²) in [7, 11) is 0. The van der Waals surface area contributed by atoms with Gasteiger partial charge < -0.3 is 5.11 Å². The zero-order valence-electron chi connectivity index (χ0n) is 16.6. The van der Waals surface area contributed by atoms with Gasteiger partial charge in [-0.2, -0.15) is 10.2 Å². The Morgan fingerprint density at radius 2 is 1.84 bits per heavy atom. The van der Waals surface area contributed by atoms with Crippen LogP contribution in [-0.2, 0) is 0 Å². The fourth-order valence-corrected chi connectivity index (χ4v) is 4.61. The predicted octanol–water partition coefficient (Wildman–Crippen LogP) is 5.02. The lowest BCUT2D eigenvalue weighted by Gasteiger charge is -2.04. The van der Waals surface area contributed by atoms with E-state index in [4.69, 9.17) is 0 Å². The van der Waals surface area contributed by atoms with Crippen molar-refractivity contribution >= 4 is 44.4 Å². The Morgan fingerprint density at radius 3 is 2.68 bits per heavy atom. The molecule has 6 nitrogen and oxygen atoms in total. The number of fused-ring (bicyclic) bond motifs is 2. The van der Waals surface area contributed by atoms with Gasteiger partial charge >= 0.3 is 0 Å². The van der Waals surface area contributed by atoms with Crippen LogP contribution in [0.25, 0.3) is 26.7 Å². The Morgan fingerprint density at radius 1 is 1.06 bits per heavy atom. The first-order chi connectivity index (χ1) is 15.1. The van der Waals surface area contributed by atoms with Crippen LogP contribution >= 0.6 is 11.3 Å². The van der Waals surface area contributed by atoms with Crippen LogP contribution in [-0.4, -0.2) is 27.0 Å². The van der Waals surface area contributed by atoms with Gasteiger partial charge in [0.1, 0.15) is 10.6 Å². The Bertz CT molecular complexity index is 1450. The normalized spacial score (nSPS) is 11.5. The maximum absolute atomic E-state index is 12.7. The van der Waals surface area contributed by atoms with Crippen LogP contribution in [0.1, 0.15) is 20.9 Å². The van der Waals surface area contributed by atoms with Gasteiger partial charge in [0.25, 0.3) is 5.91 Å². The number of hydrogen-bond acceptors (Lipinski definition) is 5. The van der Waals surface area contributed by atoms with Crippen LogP contribution in [0.3, 0.4) is 0 Å². The van der Waals surface area contributed by atoms with Crippen molar-refractivity contribution in [3.8, 4) is 11.4 Å². The zero-order valence-corrected chi connectivity index (χ0v) is 17.4. The number of rotatable bonds is 4. The van der Waals surface area contributed by atoms with E-state index >= 15 is 0 Å². The summed E-state index contributed by atoms with van der Waals surface area (Å²) in [5, 5.41) is 21.7. The molecule has 0 aliphatic heterocycles. The van der Waals surface area contributed by atoms with Crippen molar-refractivity contribution in [1.29, 1.82) is 0 Å². The molecule has 0 aliphatic rings. The average molecular weight is 427 g/mol. The molecule has 0 bridgehead atoms. The van der Waals surface area contributed by atoms with E-state index in [1.54, 1.807) is 6.07 Å². The number of amides is 1. The van der Waals surface area contributed by atoms with E-state index in [-0.39, 0.29) is 11.7 Å². The molecule has 7 heteroatoms. The SMILES string of the molecule is Cc1nn(-c2ccccc2)c2sc(C(=O)N/N=C/c3c(O)ccc4ccccc34)cc12. The molecular weight excluding hydrogens is 408 g/mol. The van der Waals surface area contributed by atoms with E-state index in [1.807, 2.05) is 78.3 Å². The molecule has 0 saturated carbocycles. The molecule has 3 aromatic carbocycles. The summed E-state index contributed by atoms with van der Waals surface area (Å²) < 4.78 is 1.85. The van der Waals surface area contributed by atoms with Crippen molar-refractivity contribution in [2.24, 2.45) is 5.10 Å². The van der Waals surface area contributed by atoms with Crippen molar-refractivity contribution < 1.29 is 9.90 Å². The number of carbonyl (C=O) groups is 1. The number of aryl methyl sites for hydroxylation is 1. The number of phenolic OH excluding ortho intramolecular Hbond substituents is 1. The molecule has 0 saturated heterocycles. The number of carbonyl (C=O) groups excluding carboxylic acids is 1. The first-order valence-electron chi connectivity index (χ1n) is 9.70. The van der Waals surface area contributed by atoms with Gasteiger partial charge in [-0.3, -0.25) is 4.79 Å². The van der Waals surface area contributed by atoms with Crippen molar-refractivity contribution in [2.75, 3.05) is 0 Å². The summed E-state index contributed by atoms with van der Waals surface area (Å²) >= 11 is 1.36. The Kier molecular flexibility index (Phi) is 4.72. The van der Waals surface area contributed by atoms with Crippen LogP contribution < -0.4 is 5.43 Å². The summed E-state index contributed by atoms with van der Waals surface area (Å²) in [5.41, 5.74) is 4.93. The van der Waals surface area contributed by atoms with E-state index in [1.165, 1.54) is 17.6 Å². The lowest BCUT2D eigenvalue weighted by Crippen LogP contribution is -2.16. The number of benzene rings is 3. The third kappa shape index (κ3) is 3.45. The fourth-order valence-electron chi connectivity index (χ4n) is 3.53. The number of nitrogens with one attached hydrogen (secondary N) is 1. The molecule has 1 amide bonds. The smallest absolute Gasteiger partial charge is 0.281 e. The van der Waals surface area contributed by atoms with E-state index in [2.05, 4.69) is 15.6 Å². The highest BCUT2D eigenvalue weighted by molar-refractivity contribution is 7.20. The Labute approximate surface area is 182 Å². The third-order valence-electron chi connectivity index (χ3n) is 5.08. The van der Waals surface area contributed by atoms with Crippen LogP contribution in [0.15, 0.2) is 77.9 Å². The van der Waals surface area contributed by atoms with Gasteiger partial charge in [-0.25, -0.2) is 10.1 Å². The molecular formula is C24H18N4O2S. The van der Waals surface area contributed by atoms with Gasteiger partial charge in [-0.1, -0.05) is 48.5 Å². The van der Waals surface area contributed by atoms with E-state index < -0.39 is 0 Å². The third-order valence-corrected chi connectivity index (χ3v) is 6.19. The number of thiophene rings is 1. The second-order valence-electron chi connectivity index (χ2n) is 7.08. The minimum Gasteiger partial charge on any atom is -0.507 e. The van der Waals surface area contributed by atoms with Gasteiger partial charge in [0.2, 0.25) is 0 Å². The minimum absolute atomic E-state index is 0.108. The second kappa shape index (κ2) is 7.70. The van der Waals surface area contributed by atoms with Crippen LogP contribution in [0, 0.1) is 6.92 Å². The molecule has 5 rings (SSSR count). The Hall–Kier alpha value is -3.97. The number of aromatic nitrogens is 2. The van der Waals surface area contributed by atoms with Crippen LogP contribution in [0.2, 0.25) is 0 Å². The monoisotopic (exact) mass is 426 g/mol. The minimum atomic E-state index is -0.309. The summed E-state index contributed by atoms with van der Waals surface area (Å²) in [6.45, 7) is 1.93. The van der Waals surface area contributed by atoms with E-state index in [9.17, 15) is 9.90 Å².